The first-order valence-corrected chi connectivity index (χ1v) is 4.25. The lowest BCUT2D eigenvalue weighted by Crippen LogP contribution is -2.31. The molecule has 0 aliphatic heterocycles. The van der Waals surface area contributed by atoms with Crippen LogP contribution in [-0.4, -0.2) is 11.1 Å². The van der Waals surface area contributed by atoms with Gasteiger partial charge in [-0.25, -0.2) is 5.48 Å². The van der Waals surface area contributed by atoms with E-state index in [1.165, 1.54) is 19.3 Å². The monoisotopic (exact) mass is 155 g/mol. The summed E-state index contributed by atoms with van der Waals surface area (Å²) in [6, 6.07) is 0. The molecule has 2 aliphatic rings. The minimum absolute atomic E-state index is 0.110. The van der Waals surface area contributed by atoms with Crippen LogP contribution in [0.4, 0.5) is 0 Å². The second-order valence-corrected chi connectivity index (χ2v) is 3.76. The van der Waals surface area contributed by atoms with E-state index in [-0.39, 0.29) is 11.8 Å². The second-order valence-electron chi connectivity index (χ2n) is 3.76. The Morgan fingerprint density at radius 3 is 2.64 bits per heavy atom. The number of carbonyl (C=O) groups is 1. The summed E-state index contributed by atoms with van der Waals surface area (Å²) in [4.78, 5) is 11.0. The third-order valence-corrected chi connectivity index (χ3v) is 3.19. The molecule has 0 aromatic carbocycles. The topological polar surface area (TPSA) is 49.3 Å². The Bertz CT molecular complexity index is 181. The fourth-order valence-corrected chi connectivity index (χ4v) is 2.65. The van der Waals surface area contributed by atoms with Gasteiger partial charge < -0.3 is 0 Å². The van der Waals surface area contributed by atoms with Crippen molar-refractivity contribution < 1.29 is 10.0 Å². The molecule has 11 heavy (non-hydrogen) atoms. The average molecular weight is 155 g/mol. The molecule has 2 N–H and O–H groups in total. The van der Waals surface area contributed by atoms with E-state index in [9.17, 15) is 4.79 Å². The van der Waals surface area contributed by atoms with Crippen molar-refractivity contribution in [3.8, 4) is 0 Å². The van der Waals surface area contributed by atoms with E-state index in [4.69, 9.17) is 5.21 Å². The number of hydrogen-bond donors (Lipinski definition) is 2. The van der Waals surface area contributed by atoms with E-state index in [0.717, 1.165) is 12.3 Å². The predicted octanol–water partition coefficient (Wildman–Crippen LogP) is 0.928. The van der Waals surface area contributed by atoms with Crippen LogP contribution in [0.15, 0.2) is 0 Å². The zero-order valence-corrected chi connectivity index (χ0v) is 6.42. The molecule has 0 aromatic rings. The lowest BCUT2D eigenvalue weighted by Gasteiger charge is -2.18. The molecule has 0 saturated heterocycles. The summed E-state index contributed by atoms with van der Waals surface area (Å²) < 4.78 is 0. The summed E-state index contributed by atoms with van der Waals surface area (Å²) >= 11 is 0. The van der Waals surface area contributed by atoms with Gasteiger partial charge in [-0.2, -0.15) is 0 Å². The predicted molar refractivity (Wildman–Crippen MR) is 38.9 cm³/mol. The molecular weight excluding hydrogens is 142 g/mol. The molecular formula is C8H13NO2. The number of amides is 1. The standard InChI is InChI=1S/C8H13NO2/c10-8(9-11)7-4-5-1-2-6(7)3-5/h5-7,11H,1-4H2,(H,9,10). The second kappa shape index (κ2) is 2.48. The van der Waals surface area contributed by atoms with Gasteiger partial charge in [0.2, 0.25) is 5.91 Å². The van der Waals surface area contributed by atoms with Crippen molar-refractivity contribution in [3.63, 3.8) is 0 Å². The van der Waals surface area contributed by atoms with Crippen LogP contribution in [0.3, 0.4) is 0 Å². The maximum atomic E-state index is 11.0. The van der Waals surface area contributed by atoms with Crippen molar-refractivity contribution >= 4 is 5.91 Å². The van der Waals surface area contributed by atoms with Crippen molar-refractivity contribution in [2.45, 2.75) is 25.7 Å². The molecule has 3 heteroatoms. The Hall–Kier alpha value is -0.570. The van der Waals surface area contributed by atoms with Crippen molar-refractivity contribution in [2.75, 3.05) is 0 Å². The van der Waals surface area contributed by atoms with E-state index in [2.05, 4.69) is 0 Å². The highest BCUT2D eigenvalue weighted by Gasteiger charge is 2.42. The zero-order valence-electron chi connectivity index (χ0n) is 6.42. The Morgan fingerprint density at radius 1 is 1.36 bits per heavy atom. The summed E-state index contributed by atoms with van der Waals surface area (Å²) in [5, 5.41) is 8.42. The third-order valence-electron chi connectivity index (χ3n) is 3.19. The van der Waals surface area contributed by atoms with Gasteiger partial charge in [0.1, 0.15) is 0 Å². The van der Waals surface area contributed by atoms with Gasteiger partial charge in [0.05, 0.1) is 0 Å². The molecule has 2 aliphatic carbocycles. The molecule has 0 heterocycles. The first-order chi connectivity index (χ1) is 5.31. The number of carbonyl (C=O) groups excluding carboxylic acids is 1. The van der Waals surface area contributed by atoms with Crippen LogP contribution >= 0.6 is 0 Å². The molecule has 3 atom stereocenters. The van der Waals surface area contributed by atoms with Gasteiger partial charge in [0.25, 0.3) is 0 Å². The lowest BCUT2D eigenvalue weighted by atomic mass is 9.88. The Labute approximate surface area is 65.7 Å². The summed E-state index contributed by atoms with van der Waals surface area (Å²) in [5.74, 6) is 1.27. The molecule has 3 unspecified atom stereocenters. The fourth-order valence-electron chi connectivity index (χ4n) is 2.65. The quantitative estimate of drug-likeness (QED) is 0.437. The third kappa shape index (κ3) is 1.03. The van der Waals surface area contributed by atoms with Crippen molar-refractivity contribution in [3.05, 3.63) is 0 Å². The van der Waals surface area contributed by atoms with Gasteiger partial charge in [-0.05, 0) is 31.1 Å². The zero-order chi connectivity index (χ0) is 7.84. The fraction of sp³-hybridized carbons (Fsp3) is 0.875. The molecule has 2 rings (SSSR count). The number of hydroxylamine groups is 1. The number of hydrogen-bond acceptors (Lipinski definition) is 2. The maximum absolute atomic E-state index is 11.0. The van der Waals surface area contributed by atoms with Crippen LogP contribution < -0.4 is 5.48 Å². The van der Waals surface area contributed by atoms with Crippen molar-refractivity contribution in [1.29, 1.82) is 0 Å². The average Bonchev–Trinajstić information content (AvgIpc) is 2.62. The number of nitrogens with one attached hydrogen (secondary N) is 1. The highest BCUT2D eigenvalue weighted by atomic mass is 16.5. The van der Waals surface area contributed by atoms with E-state index < -0.39 is 0 Å². The van der Waals surface area contributed by atoms with Gasteiger partial charge in [-0.3, -0.25) is 10.0 Å². The van der Waals surface area contributed by atoms with Gasteiger partial charge >= 0.3 is 0 Å². The highest BCUT2D eigenvalue weighted by Crippen LogP contribution is 2.48. The van der Waals surface area contributed by atoms with Gasteiger partial charge in [-0.1, -0.05) is 6.42 Å². The van der Waals surface area contributed by atoms with Gasteiger partial charge in [0, 0.05) is 5.92 Å². The Kier molecular flexibility index (Phi) is 1.60. The molecule has 0 spiro atoms. The summed E-state index contributed by atoms with van der Waals surface area (Å²) in [6.07, 6.45) is 4.68. The molecule has 62 valence electrons. The van der Waals surface area contributed by atoms with Crippen LogP contribution in [0.25, 0.3) is 0 Å². The van der Waals surface area contributed by atoms with E-state index in [1.807, 2.05) is 0 Å². The molecule has 2 bridgehead atoms. The number of fused-ring (bicyclic) bond motifs is 2. The highest BCUT2D eigenvalue weighted by molar-refractivity contribution is 5.78. The van der Waals surface area contributed by atoms with Gasteiger partial charge in [0.15, 0.2) is 0 Å². The van der Waals surface area contributed by atoms with Crippen molar-refractivity contribution in [1.82, 2.24) is 5.48 Å². The van der Waals surface area contributed by atoms with Crippen LogP contribution in [0.2, 0.25) is 0 Å². The normalized spacial score (nSPS) is 41.0. The largest absolute Gasteiger partial charge is 0.289 e. The van der Waals surface area contributed by atoms with E-state index in [1.54, 1.807) is 5.48 Å². The summed E-state index contributed by atoms with van der Waals surface area (Å²) in [5.41, 5.74) is 1.75. The smallest absolute Gasteiger partial charge is 0.246 e. The minimum atomic E-state index is -0.169. The van der Waals surface area contributed by atoms with Crippen LogP contribution in [0.1, 0.15) is 25.7 Å². The van der Waals surface area contributed by atoms with Crippen LogP contribution in [0, 0.1) is 17.8 Å². The van der Waals surface area contributed by atoms with E-state index in [0.29, 0.717) is 5.92 Å². The molecule has 2 saturated carbocycles. The SMILES string of the molecule is O=C(NO)C1CC2CCC1C2. The van der Waals surface area contributed by atoms with Crippen molar-refractivity contribution in [2.24, 2.45) is 17.8 Å². The van der Waals surface area contributed by atoms with Crippen LogP contribution in [0.5, 0.6) is 0 Å². The first-order valence-electron chi connectivity index (χ1n) is 4.25. The molecule has 3 nitrogen and oxygen atoms in total. The van der Waals surface area contributed by atoms with E-state index >= 15 is 0 Å². The molecule has 1 amide bonds. The van der Waals surface area contributed by atoms with Gasteiger partial charge in [-0.15, -0.1) is 0 Å². The first kappa shape index (κ1) is 7.10. The molecule has 0 aromatic heterocycles. The Balaban J connectivity index is 2.02. The molecule has 0 radical (unpaired) electrons. The number of rotatable bonds is 1. The summed E-state index contributed by atoms with van der Waals surface area (Å²) in [7, 11) is 0. The summed E-state index contributed by atoms with van der Waals surface area (Å²) in [6.45, 7) is 0. The Morgan fingerprint density at radius 2 is 2.18 bits per heavy atom. The maximum Gasteiger partial charge on any atom is 0.246 e. The molecule has 2 fully saturated rings. The minimum Gasteiger partial charge on any atom is -0.289 e. The van der Waals surface area contributed by atoms with Crippen LogP contribution in [-0.2, 0) is 4.79 Å². The lowest BCUT2D eigenvalue weighted by molar-refractivity contribution is -0.135.